The van der Waals surface area contributed by atoms with Crippen LogP contribution in [0, 0.1) is 0 Å². The van der Waals surface area contributed by atoms with E-state index in [1.54, 1.807) is 0 Å². The maximum absolute atomic E-state index is 2.46. The van der Waals surface area contributed by atoms with E-state index in [0.29, 0.717) is 0 Å². The maximum atomic E-state index is 2.46. The number of nitrogens with zero attached hydrogens (tertiary/aromatic N) is 1. The van der Waals surface area contributed by atoms with Gasteiger partial charge in [0.1, 0.15) is 0 Å². The summed E-state index contributed by atoms with van der Waals surface area (Å²) in [5.41, 5.74) is 0. The lowest BCUT2D eigenvalue weighted by molar-refractivity contribution is 0.322. The molecule has 0 bridgehead atoms. The predicted molar refractivity (Wildman–Crippen MR) is 54.3 cm³/mol. The van der Waals surface area contributed by atoms with Gasteiger partial charge in [-0.3, -0.25) is 0 Å². The molecule has 12 heavy (non-hydrogen) atoms. The Morgan fingerprint density at radius 2 is 1.50 bits per heavy atom. The lowest BCUT2D eigenvalue weighted by atomic mass is 10.2. The Labute approximate surface area is 76.5 Å². The van der Waals surface area contributed by atoms with Gasteiger partial charge in [-0.25, -0.2) is 0 Å². The molecule has 0 aliphatic carbocycles. The van der Waals surface area contributed by atoms with Crippen LogP contribution < -0.4 is 0 Å². The molecular weight excluding hydrogens is 146 g/mol. The molecule has 1 aliphatic rings. The highest BCUT2D eigenvalue weighted by Crippen LogP contribution is 2.05. The predicted octanol–water partition coefficient (Wildman–Crippen LogP) is 2.83. The molecule has 0 amide bonds. The van der Waals surface area contributed by atoms with E-state index in [0.717, 1.165) is 0 Å². The van der Waals surface area contributed by atoms with E-state index in [1.807, 2.05) is 0 Å². The minimum Gasteiger partial charge on any atom is -0.306 e. The van der Waals surface area contributed by atoms with Crippen LogP contribution in [-0.4, -0.2) is 25.0 Å². The van der Waals surface area contributed by atoms with Crippen molar-refractivity contribution in [3.63, 3.8) is 0 Å². The Morgan fingerprint density at radius 3 is 2.33 bits per heavy atom. The van der Waals surface area contributed by atoms with E-state index in [-0.39, 0.29) is 0 Å². The van der Waals surface area contributed by atoms with Gasteiger partial charge in [0.2, 0.25) is 0 Å². The van der Waals surface area contributed by atoms with Gasteiger partial charge in [0.15, 0.2) is 0 Å². The molecule has 0 aromatic rings. The zero-order valence-corrected chi connectivity index (χ0v) is 8.26. The van der Waals surface area contributed by atoms with E-state index in [4.69, 9.17) is 0 Å². The Kier molecular flexibility index (Phi) is 5.09. The van der Waals surface area contributed by atoms with Gasteiger partial charge in [-0.05, 0) is 52.2 Å². The first-order valence-electron chi connectivity index (χ1n) is 5.23. The normalized spacial score (nSPS) is 23.4. The molecule has 1 nitrogen and oxygen atoms in total. The third kappa shape index (κ3) is 4.55. The molecule has 0 unspecified atom stereocenters. The summed E-state index contributed by atoms with van der Waals surface area (Å²) >= 11 is 0. The van der Waals surface area contributed by atoms with Crippen molar-refractivity contribution in [3.8, 4) is 0 Å². The Morgan fingerprint density at radius 1 is 0.833 bits per heavy atom. The van der Waals surface area contributed by atoms with Crippen molar-refractivity contribution in [1.82, 2.24) is 4.90 Å². The largest absolute Gasteiger partial charge is 0.306 e. The summed E-state index contributed by atoms with van der Waals surface area (Å²) in [7, 11) is 2.24. The molecule has 1 heterocycles. The highest BCUT2D eigenvalue weighted by Gasteiger charge is 1.97. The molecule has 70 valence electrons. The summed E-state index contributed by atoms with van der Waals surface area (Å²) in [4.78, 5) is 2.46. The van der Waals surface area contributed by atoms with Crippen molar-refractivity contribution in [2.75, 3.05) is 20.1 Å². The van der Waals surface area contributed by atoms with E-state index >= 15 is 0 Å². The van der Waals surface area contributed by atoms with Gasteiger partial charge in [-0.15, -0.1) is 0 Å². The fourth-order valence-electron chi connectivity index (χ4n) is 1.65. The molecule has 1 aliphatic heterocycles. The Bertz CT molecular complexity index is 129. The average molecular weight is 167 g/mol. The van der Waals surface area contributed by atoms with Crippen molar-refractivity contribution in [3.05, 3.63) is 12.2 Å². The first kappa shape index (κ1) is 9.79. The molecule has 0 spiro atoms. The molecule has 0 N–H and O–H groups in total. The SMILES string of the molecule is CN1CCCC=CCCCCC1. The average Bonchev–Trinajstić information content (AvgIpc) is 2.11. The Balaban J connectivity index is 2.21. The third-order valence-electron chi connectivity index (χ3n) is 2.49. The summed E-state index contributed by atoms with van der Waals surface area (Å²) in [6.45, 7) is 2.56. The monoisotopic (exact) mass is 167 g/mol. The second-order valence-electron chi connectivity index (χ2n) is 3.77. The quantitative estimate of drug-likeness (QED) is 0.501. The van der Waals surface area contributed by atoms with Gasteiger partial charge in [0.05, 0.1) is 0 Å². The first-order valence-corrected chi connectivity index (χ1v) is 5.23. The van der Waals surface area contributed by atoms with Gasteiger partial charge < -0.3 is 4.90 Å². The van der Waals surface area contributed by atoms with Crippen molar-refractivity contribution in [1.29, 1.82) is 0 Å². The number of allylic oxidation sites excluding steroid dienone is 2. The fraction of sp³-hybridized carbons (Fsp3) is 0.818. The standard InChI is InChI=1S/C11H21N/c1-12-10-8-6-4-2-3-5-7-9-11-12/h2,4H,3,5-11H2,1H3. The number of hydrogen-bond acceptors (Lipinski definition) is 1. The smallest absolute Gasteiger partial charge is 0.00188 e. The van der Waals surface area contributed by atoms with Gasteiger partial charge in [0.25, 0.3) is 0 Å². The van der Waals surface area contributed by atoms with Crippen molar-refractivity contribution in [2.24, 2.45) is 0 Å². The molecule has 0 aromatic heterocycles. The molecule has 0 aromatic carbocycles. The topological polar surface area (TPSA) is 3.24 Å². The minimum absolute atomic E-state index is 1.27. The molecule has 0 atom stereocenters. The summed E-state index contributed by atoms with van der Waals surface area (Å²) in [5.74, 6) is 0. The number of hydrogen-bond donors (Lipinski definition) is 0. The van der Waals surface area contributed by atoms with Crippen LogP contribution in [0.2, 0.25) is 0 Å². The maximum Gasteiger partial charge on any atom is -0.00188 e. The Hall–Kier alpha value is -0.300. The molecule has 0 radical (unpaired) electrons. The third-order valence-corrected chi connectivity index (χ3v) is 2.49. The van der Waals surface area contributed by atoms with Crippen molar-refractivity contribution in [2.45, 2.75) is 38.5 Å². The van der Waals surface area contributed by atoms with Crippen LogP contribution >= 0.6 is 0 Å². The lowest BCUT2D eigenvalue weighted by Crippen LogP contribution is -2.20. The van der Waals surface area contributed by atoms with E-state index in [1.165, 1.54) is 51.6 Å². The molecule has 1 rings (SSSR count). The summed E-state index contributed by atoms with van der Waals surface area (Å²) in [6, 6.07) is 0. The molecule has 0 saturated heterocycles. The second-order valence-corrected chi connectivity index (χ2v) is 3.77. The molecule has 1 heteroatoms. The van der Waals surface area contributed by atoms with Gasteiger partial charge in [-0.1, -0.05) is 18.6 Å². The highest BCUT2D eigenvalue weighted by molar-refractivity contribution is 4.82. The first-order chi connectivity index (χ1) is 5.89. The van der Waals surface area contributed by atoms with Crippen LogP contribution in [0.3, 0.4) is 0 Å². The summed E-state index contributed by atoms with van der Waals surface area (Å²) < 4.78 is 0. The fourth-order valence-corrected chi connectivity index (χ4v) is 1.65. The molecule has 0 saturated carbocycles. The van der Waals surface area contributed by atoms with Crippen LogP contribution in [-0.2, 0) is 0 Å². The highest BCUT2D eigenvalue weighted by atomic mass is 15.1. The van der Waals surface area contributed by atoms with Crippen LogP contribution in [0.25, 0.3) is 0 Å². The van der Waals surface area contributed by atoms with Crippen LogP contribution in [0.15, 0.2) is 12.2 Å². The molecular formula is C11H21N. The number of rotatable bonds is 0. The zero-order valence-electron chi connectivity index (χ0n) is 8.26. The zero-order chi connectivity index (χ0) is 8.65. The van der Waals surface area contributed by atoms with Gasteiger partial charge in [0, 0.05) is 0 Å². The van der Waals surface area contributed by atoms with E-state index < -0.39 is 0 Å². The van der Waals surface area contributed by atoms with Gasteiger partial charge >= 0.3 is 0 Å². The van der Waals surface area contributed by atoms with Crippen LogP contribution in [0.5, 0.6) is 0 Å². The van der Waals surface area contributed by atoms with Crippen LogP contribution in [0.1, 0.15) is 38.5 Å². The van der Waals surface area contributed by atoms with Gasteiger partial charge in [-0.2, -0.15) is 0 Å². The second kappa shape index (κ2) is 6.24. The van der Waals surface area contributed by atoms with Crippen molar-refractivity contribution >= 4 is 0 Å². The summed E-state index contributed by atoms with van der Waals surface area (Å²) in [5, 5.41) is 0. The van der Waals surface area contributed by atoms with Crippen LogP contribution in [0.4, 0.5) is 0 Å². The van der Waals surface area contributed by atoms with E-state index in [2.05, 4.69) is 24.1 Å². The van der Waals surface area contributed by atoms with E-state index in [9.17, 15) is 0 Å². The van der Waals surface area contributed by atoms with Crippen molar-refractivity contribution < 1.29 is 0 Å². The lowest BCUT2D eigenvalue weighted by Gasteiger charge is -2.14. The summed E-state index contributed by atoms with van der Waals surface area (Å²) in [6.07, 6.45) is 12.7. The minimum atomic E-state index is 1.27. The molecule has 0 fully saturated rings.